The normalized spacial score (nSPS) is 10.4. The molecule has 1 aromatic carbocycles. The predicted octanol–water partition coefficient (Wildman–Crippen LogP) is 2.93. The smallest absolute Gasteiger partial charge is 0.130 e. The standard InChI is InChI=1S/C11H11ClN2OS/c1-15-10-4-7(12)2-3-9(10)11-14-6-8(5-13)16-11/h2-4,6H,5,13H2,1H3. The number of ether oxygens (including phenoxy) is 1. The molecule has 16 heavy (non-hydrogen) atoms. The van der Waals surface area contributed by atoms with Gasteiger partial charge in [-0.05, 0) is 18.2 Å². The highest BCUT2D eigenvalue weighted by atomic mass is 35.5. The average Bonchev–Trinajstić information content (AvgIpc) is 2.77. The van der Waals surface area contributed by atoms with Crippen molar-refractivity contribution in [3.05, 3.63) is 34.3 Å². The van der Waals surface area contributed by atoms with E-state index in [0.29, 0.717) is 11.6 Å². The zero-order valence-corrected chi connectivity index (χ0v) is 10.3. The monoisotopic (exact) mass is 254 g/mol. The summed E-state index contributed by atoms with van der Waals surface area (Å²) in [6.07, 6.45) is 1.79. The summed E-state index contributed by atoms with van der Waals surface area (Å²) in [5.41, 5.74) is 6.50. The summed E-state index contributed by atoms with van der Waals surface area (Å²) in [7, 11) is 1.62. The summed E-state index contributed by atoms with van der Waals surface area (Å²) in [6.45, 7) is 0.508. The van der Waals surface area contributed by atoms with Crippen LogP contribution >= 0.6 is 22.9 Å². The van der Waals surface area contributed by atoms with Gasteiger partial charge in [0.05, 0.1) is 12.7 Å². The number of halogens is 1. The van der Waals surface area contributed by atoms with Crippen molar-refractivity contribution in [3.8, 4) is 16.3 Å². The van der Waals surface area contributed by atoms with Gasteiger partial charge in [-0.15, -0.1) is 11.3 Å². The van der Waals surface area contributed by atoms with Crippen LogP contribution in [0.2, 0.25) is 5.02 Å². The second-order valence-corrected chi connectivity index (χ2v) is 4.73. The summed E-state index contributed by atoms with van der Waals surface area (Å²) in [5, 5.41) is 1.55. The highest BCUT2D eigenvalue weighted by molar-refractivity contribution is 7.15. The molecule has 3 nitrogen and oxygen atoms in total. The Labute approximate surface area is 103 Å². The zero-order chi connectivity index (χ0) is 11.5. The third kappa shape index (κ3) is 2.19. The van der Waals surface area contributed by atoms with Crippen molar-refractivity contribution in [1.29, 1.82) is 0 Å². The Balaban J connectivity index is 2.46. The van der Waals surface area contributed by atoms with Gasteiger partial charge in [0.25, 0.3) is 0 Å². The van der Waals surface area contributed by atoms with E-state index in [1.54, 1.807) is 30.7 Å². The second-order valence-electron chi connectivity index (χ2n) is 3.18. The number of methoxy groups -OCH3 is 1. The van der Waals surface area contributed by atoms with E-state index in [1.165, 1.54) is 0 Å². The molecular formula is C11H11ClN2OS. The minimum absolute atomic E-state index is 0.508. The molecule has 5 heteroatoms. The van der Waals surface area contributed by atoms with Gasteiger partial charge >= 0.3 is 0 Å². The van der Waals surface area contributed by atoms with Gasteiger partial charge in [0.1, 0.15) is 10.8 Å². The lowest BCUT2D eigenvalue weighted by atomic mass is 10.2. The van der Waals surface area contributed by atoms with Crippen LogP contribution in [0, 0.1) is 0 Å². The molecule has 84 valence electrons. The molecule has 0 amide bonds. The van der Waals surface area contributed by atoms with Gasteiger partial charge < -0.3 is 10.5 Å². The van der Waals surface area contributed by atoms with Crippen LogP contribution in [0.4, 0.5) is 0 Å². The lowest BCUT2D eigenvalue weighted by Gasteiger charge is -2.05. The molecule has 0 aliphatic rings. The molecule has 0 bridgehead atoms. The van der Waals surface area contributed by atoms with E-state index < -0.39 is 0 Å². The van der Waals surface area contributed by atoms with Gasteiger partial charge in [-0.25, -0.2) is 4.98 Å². The molecule has 2 N–H and O–H groups in total. The van der Waals surface area contributed by atoms with Crippen molar-refractivity contribution in [2.45, 2.75) is 6.54 Å². The van der Waals surface area contributed by atoms with E-state index in [4.69, 9.17) is 22.1 Å². The quantitative estimate of drug-likeness (QED) is 0.916. The van der Waals surface area contributed by atoms with E-state index in [9.17, 15) is 0 Å². The first-order valence-corrected chi connectivity index (χ1v) is 5.92. The maximum atomic E-state index is 5.90. The average molecular weight is 255 g/mol. The van der Waals surface area contributed by atoms with Crippen LogP contribution < -0.4 is 10.5 Å². The van der Waals surface area contributed by atoms with E-state index in [-0.39, 0.29) is 0 Å². The van der Waals surface area contributed by atoms with Crippen molar-refractivity contribution in [3.63, 3.8) is 0 Å². The molecule has 1 heterocycles. The van der Waals surface area contributed by atoms with Crippen LogP contribution in [0.1, 0.15) is 4.88 Å². The van der Waals surface area contributed by atoms with Crippen molar-refractivity contribution < 1.29 is 4.74 Å². The van der Waals surface area contributed by atoms with E-state index in [0.717, 1.165) is 21.2 Å². The first-order chi connectivity index (χ1) is 7.74. The Bertz CT molecular complexity index is 498. The summed E-state index contributed by atoms with van der Waals surface area (Å²) in [6, 6.07) is 5.50. The predicted molar refractivity (Wildman–Crippen MR) is 67.0 cm³/mol. The Kier molecular flexibility index (Phi) is 3.43. The molecule has 0 saturated heterocycles. The van der Waals surface area contributed by atoms with Gasteiger partial charge in [-0.2, -0.15) is 0 Å². The number of hydrogen-bond donors (Lipinski definition) is 1. The fourth-order valence-electron chi connectivity index (χ4n) is 1.37. The molecule has 1 aromatic heterocycles. The molecule has 2 aromatic rings. The van der Waals surface area contributed by atoms with Gasteiger partial charge in [0.2, 0.25) is 0 Å². The summed E-state index contributed by atoms with van der Waals surface area (Å²) < 4.78 is 5.27. The molecule has 0 fully saturated rings. The molecule has 0 aliphatic heterocycles. The Morgan fingerprint density at radius 3 is 2.94 bits per heavy atom. The summed E-state index contributed by atoms with van der Waals surface area (Å²) in [5.74, 6) is 0.727. The second kappa shape index (κ2) is 4.82. The molecule has 2 rings (SSSR count). The first-order valence-electron chi connectivity index (χ1n) is 4.73. The van der Waals surface area contributed by atoms with Crippen LogP contribution in [0.3, 0.4) is 0 Å². The number of hydrogen-bond acceptors (Lipinski definition) is 4. The summed E-state index contributed by atoms with van der Waals surface area (Å²) >= 11 is 7.46. The molecule has 0 spiro atoms. The fourth-order valence-corrected chi connectivity index (χ4v) is 2.35. The number of benzene rings is 1. The number of nitrogens with two attached hydrogens (primary N) is 1. The molecular weight excluding hydrogens is 244 g/mol. The van der Waals surface area contributed by atoms with Crippen LogP contribution in [0.15, 0.2) is 24.4 Å². The Morgan fingerprint density at radius 1 is 1.50 bits per heavy atom. The van der Waals surface area contributed by atoms with Gasteiger partial charge in [-0.3, -0.25) is 0 Å². The number of rotatable bonds is 3. The van der Waals surface area contributed by atoms with E-state index >= 15 is 0 Å². The van der Waals surface area contributed by atoms with Gasteiger partial charge in [0.15, 0.2) is 0 Å². The van der Waals surface area contributed by atoms with Gasteiger partial charge in [-0.1, -0.05) is 11.6 Å². The third-order valence-electron chi connectivity index (χ3n) is 2.15. The van der Waals surface area contributed by atoms with Crippen molar-refractivity contribution in [1.82, 2.24) is 4.98 Å². The maximum Gasteiger partial charge on any atom is 0.130 e. The molecule has 0 atom stereocenters. The number of thiazole rings is 1. The van der Waals surface area contributed by atoms with Crippen LogP contribution in [0.25, 0.3) is 10.6 Å². The van der Waals surface area contributed by atoms with Crippen molar-refractivity contribution in [2.75, 3.05) is 7.11 Å². The van der Waals surface area contributed by atoms with Crippen LogP contribution in [0.5, 0.6) is 5.75 Å². The highest BCUT2D eigenvalue weighted by Crippen LogP contribution is 2.34. The van der Waals surface area contributed by atoms with Crippen LogP contribution in [-0.4, -0.2) is 12.1 Å². The van der Waals surface area contributed by atoms with Crippen molar-refractivity contribution >= 4 is 22.9 Å². The largest absolute Gasteiger partial charge is 0.496 e. The first kappa shape index (κ1) is 11.4. The SMILES string of the molecule is COc1cc(Cl)ccc1-c1ncc(CN)s1. The van der Waals surface area contributed by atoms with Gasteiger partial charge in [0, 0.05) is 22.6 Å². The number of aromatic nitrogens is 1. The highest BCUT2D eigenvalue weighted by Gasteiger charge is 2.10. The molecule has 0 unspecified atom stereocenters. The Hall–Kier alpha value is -1.10. The molecule has 0 aliphatic carbocycles. The summed E-state index contributed by atoms with van der Waals surface area (Å²) in [4.78, 5) is 5.36. The van der Waals surface area contributed by atoms with E-state index in [2.05, 4.69) is 4.98 Å². The lowest BCUT2D eigenvalue weighted by Crippen LogP contribution is -1.91. The Morgan fingerprint density at radius 2 is 2.31 bits per heavy atom. The zero-order valence-electron chi connectivity index (χ0n) is 8.74. The van der Waals surface area contributed by atoms with Crippen LogP contribution in [-0.2, 0) is 6.54 Å². The van der Waals surface area contributed by atoms with Crippen molar-refractivity contribution in [2.24, 2.45) is 5.73 Å². The third-order valence-corrected chi connectivity index (χ3v) is 3.44. The maximum absolute atomic E-state index is 5.90. The molecule has 0 radical (unpaired) electrons. The fraction of sp³-hybridized carbons (Fsp3) is 0.182. The minimum Gasteiger partial charge on any atom is -0.496 e. The molecule has 0 saturated carbocycles. The minimum atomic E-state index is 0.508. The van der Waals surface area contributed by atoms with E-state index in [1.807, 2.05) is 12.1 Å². The lowest BCUT2D eigenvalue weighted by molar-refractivity contribution is 0.416. The number of nitrogens with zero attached hydrogens (tertiary/aromatic N) is 1. The topological polar surface area (TPSA) is 48.1 Å².